The lowest BCUT2D eigenvalue weighted by atomic mass is 9.77. The molecule has 3 heterocycles. The topological polar surface area (TPSA) is 128 Å². The Balaban J connectivity index is 1.38. The largest absolute Gasteiger partial charge is 0.508 e. The number of carbonyl (C=O) groups is 3. The van der Waals surface area contributed by atoms with Crippen LogP contribution < -0.4 is 4.74 Å². The number of aromatic nitrogens is 2. The van der Waals surface area contributed by atoms with E-state index in [1.165, 1.54) is 6.42 Å². The van der Waals surface area contributed by atoms with Crippen molar-refractivity contribution in [2.45, 2.75) is 124 Å². The fourth-order valence-corrected chi connectivity index (χ4v) is 8.05. The van der Waals surface area contributed by atoms with E-state index < -0.39 is 41.0 Å². The van der Waals surface area contributed by atoms with Crippen LogP contribution >= 0.6 is 0 Å². The van der Waals surface area contributed by atoms with Gasteiger partial charge >= 0.3 is 11.9 Å². The predicted octanol–water partition coefficient (Wildman–Crippen LogP) is 6.01. The number of amides is 1. The van der Waals surface area contributed by atoms with Crippen LogP contribution in [-0.2, 0) is 30.3 Å². The van der Waals surface area contributed by atoms with Gasteiger partial charge in [0.1, 0.15) is 35.3 Å². The van der Waals surface area contributed by atoms with Gasteiger partial charge in [-0.15, -0.1) is 0 Å². The summed E-state index contributed by atoms with van der Waals surface area (Å²) >= 11 is 0. The molecule has 2 aliphatic heterocycles. The van der Waals surface area contributed by atoms with E-state index in [9.17, 15) is 19.5 Å². The van der Waals surface area contributed by atoms with Crippen LogP contribution in [0.2, 0.25) is 0 Å². The number of ether oxygens (including phenoxy) is 3. The molecule has 0 unspecified atom stereocenters. The van der Waals surface area contributed by atoms with Crippen LogP contribution in [0.1, 0.15) is 99.1 Å². The first-order valence-corrected chi connectivity index (χ1v) is 17.5. The minimum absolute atomic E-state index is 0.0535. The van der Waals surface area contributed by atoms with Crippen LogP contribution in [0.15, 0.2) is 18.2 Å². The summed E-state index contributed by atoms with van der Waals surface area (Å²) in [6.45, 7) is 13.3. The summed E-state index contributed by atoms with van der Waals surface area (Å²) in [6, 6.07) is 3.99. The van der Waals surface area contributed by atoms with Crippen LogP contribution in [0.5, 0.6) is 11.6 Å². The minimum atomic E-state index is -0.915. The lowest BCUT2D eigenvalue weighted by Crippen LogP contribution is -2.50. The Bertz CT molecular complexity index is 1530. The number of phenolic OH excluding ortho intramolecular Hbond substituents is 1. The van der Waals surface area contributed by atoms with E-state index in [1.54, 1.807) is 43.9 Å². The number of esters is 2. The van der Waals surface area contributed by atoms with E-state index in [0.717, 1.165) is 37.8 Å². The number of phenols is 1. The molecule has 0 spiro atoms. The zero-order chi connectivity index (χ0) is 33.8. The average molecular weight is 650 g/mol. The Hall–Kier alpha value is -3.43. The van der Waals surface area contributed by atoms with Crippen molar-refractivity contribution in [2.75, 3.05) is 6.54 Å². The Kier molecular flexibility index (Phi) is 8.94. The molecule has 1 aromatic carbocycles. The van der Waals surface area contributed by atoms with Gasteiger partial charge in [0.2, 0.25) is 11.8 Å². The molecule has 1 aromatic heterocycles. The molecule has 8 atom stereocenters. The van der Waals surface area contributed by atoms with Crippen molar-refractivity contribution in [3.05, 3.63) is 23.9 Å². The van der Waals surface area contributed by atoms with Crippen LogP contribution in [0.3, 0.4) is 0 Å². The second kappa shape index (κ2) is 12.5. The van der Waals surface area contributed by atoms with E-state index in [0.29, 0.717) is 41.1 Å². The molecule has 47 heavy (non-hydrogen) atoms. The van der Waals surface area contributed by atoms with E-state index in [4.69, 9.17) is 24.2 Å². The SMILES string of the molecule is C[C@@H]1[C@@H]2CN(C(=O)[C@H](C(C)(C)C)CC(=O)O[C@@H]3C[C@@H]4C[C@@H]4[C@H]3CCCCCc3nc4ccc(O)cc4nc3O2)[C@@H]1C(=O)OC(C)(C)C. The second-order valence-electron chi connectivity index (χ2n) is 16.4. The van der Waals surface area contributed by atoms with Gasteiger partial charge in [0.15, 0.2) is 0 Å². The molecule has 2 aliphatic carbocycles. The number of hydrogen-bond acceptors (Lipinski definition) is 9. The molecule has 256 valence electrons. The summed E-state index contributed by atoms with van der Waals surface area (Å²) in [5, 5.41) is 10.2. The van der Waals surface area contributed by atoms with Gasteiger partial charge in [-0.2, -0.15) is 0 Å². The molecule has 2 bridgehead atoms. The van der Waals surface area contributed by atoms with E-state index in [-0.39, 0.29) is 36.7 Å². The molecule has 1 N–H and O–H groups in total. The Morgan fingerprint density at radius 3 is 2.45 bits per heavy atom. The molecule has 10 heteroatoms. The van der Waals surface area contributed by atoms with Gasteiger partial charge in [-0.3, -0.25) is 9.59 Å². The minimum Gasteiger partial charge on any atom is -0.508 e. The van der Waals surface area contributed by atoms with Gasteiger partial charge in [-0.25, -0.2) is 14.8 Å². The van der Waals surface area contributed by atoms with Crippen LogP contribution in [-0.4, -0.2) is 68.2 Å². The van der Waals surface area contributed by atoms with E-state index >= 15 is 0 Å². The first-order valence-electron chi connectivity index (χ1n) is 17.5. The number of hydrogen-bond donors (Lipinski definition) is 1. The second-order valence-corrected chi connectivity index (χ2v) is 16.4. The smallest absolute Gasteiger partial charge is 0.329 e. The molecule has 0 radical (unpaired) electrons. The Labute approximate surface area is 277 Å². The van der Waals surface area contributed by atoms with E-state index in [1.807, 2.05) is 27.7 Å². The molecule has 2 aromatic rings. The summed E-state index contributed by atoms with van der Waals surface area (Å²) in [4.78, 5) is 53.2. The fraction of sp³-hybridized carbons (Fsp3) is 0.703. The first-order chi connectivity index (χ1) is 22.1. The number of aromatic hydroxyl groups is 1. The third-order valence-electron chi connectivity index (χ3n) is 10.7. The van der Waals surface area contributed by atoms with Gasteiger partial charge in [0, 0.05) is 12.0 Å². The number of fused-ring (bicyclic) bond motifs is 7. The fourth-order valence-electron chi connectivity index (χ4n) is 8.05. The van der Waals surface area contributed by atoms with Crippen LogP contribution in [0.25, 0.3) is 11.0 Å². The average Bonchev–Trinajstić information content (AvgIpc) is 3.53. The zero-order valence-electron chi connectivity index (χ0n) is 29.0. The zero-order valence-corrected chi connectivity index (χ0v) is 29.0. The molecule has 10 nitrogen and oxygen atoms in total. The van der Waals surface area contributed by atoms with Gasteiger partial charge < -0.3 is 24.2 Å². The highest BCUT2D eigenvalue weighted by atomic mass is 16.6. The highest BCUT2D eigenvalue weighted by molar-refractivity contribution is 5.89. The molecule has 1 saturated heterocycles. The summed E-state index contributed by atoms with van der Waals surface area (Å²) in [5.74, 6) is -0.237. The number of carbonyl (C=O) groups excluding carboxylic acids is 3. The Morgan fingerprint density at radius 1 is 0.957 bits per heavy atom. The number of rotatable bonds is 1. The van der Waals surface area contributed by atoms with Gasteiger partial charge in [0.25, 0.3) is 0 Å². The van der Waals surface area contributed by atoms with Gasteiger partial charge in [0.05, 0.1) is 29.9 Å². The lowest BCUT2D eigenvalue weighted by molar-refractivity contribution is -0.167. The quantitative estimate of drug-likeness (QED) is 0.370. The summed E-state index contributed by atoms with van der Waals surface area (Å²) in [6.07, 6.45) is 5.96. The molecule has 4 aliphatic rings. The summed E-state index contributed by atoms with van der Waals surface area (Å²) in [7, 11) is 0. The highest BCUT2D eigenvalue weighted by Gasteiger charge is 2.55. The van der Waals surface area contributed by atoms with Crippen molar-refractivity contribution in [3.63, 3.8) is 0 Å². The van der Waals surface area contributed by atoms with Crippen molar-refractivity contribution in [3.8, 4) is 11.6 Å². The molecular formula is C37H51N3O7. The van der Waals surface area contributed by atoms with E-state index in [2.05, 4.69) is 0 Å². The maximum absolute atomic E-state index is 14.6. The summed E-state index contributed by atoms with van der Waals surface area (Å²) in [5.41, 5.74) is 0.553. The molecule has 6 rings (SSSR count). The van der Waals surface area contributed by atoms with Crippen LogP contribution in [0, 0.1) is 35.0 Å². The first kappa shape index (κ1) is 33.5. The normalized spacial score (nSPS) is 31.9. The molecule has 1 amide bonds. The third-order valence-corrected chi connectivity index (χ3v) is 10.7. The molecular weight excluding hydrogens is 598 g/mol. The van der Waals surface area contributed by atoms with Crippen molar-refractivity contribution >= 4 is 28.9 Å². The standard InChI is InChI=1S/C37H51N3O7/c1-20-30-19-40(32(20)35(44)47-37(5,6)7)34(43)25(36(2,3)4)18-31(42)45-29-16-21-15-24(21)23(29)11-9-8-10-12-27-33(46-30)39-28-17-22(41)13-14-26(28)38-27/h13-14,17,20-21,23-25,29-30,32,41H,8-12,15-16,18-19H2,1-7H3/t20-,21+,23-,24+,25-,29-,30+,32+/m1/s1. The van der Waals surface area contributed by atoms with Gasteiger partial charge in [-0.1, -0.05) is 40.5 Å². The number of nitrogens with zero attached hydrogens (tertiary/aromatic N) is 3. The van der Waals surface area contributed by atoms with Gasteiger partial charge in [-0.05, 0) is 88.2 Å². The van der Waals surface area contributed by atoms with Crippen LogP contribution in [0.4, 0.5) is 0 Å². The summed E-state index contributed by atoms with van der Waals surface area (Å²) < 4.78 is 18.6. The maximum atomic E-state index is 14.6. The number of aryl methyl sites for hydroxylation is 1. The Morgan fingerprint density at radius 2 is 1.72 bits per heavy atom. The predicted molar refractivity (Wildman–Crippen MR) is 175 cm³/mol. The molecule has 3 fully saturated rings. The van der Waals surface area contributed by atoms with Crippen molar-refractivity contribution < 1.29 is 33.7 Å². The van der Waals surface area contributed by atoms with Crippen molar-refractivity contribution in [2.24, 2.45) is 35.0 Å². The monoisotopic (exact) mass is 649 g/mol. The third kappa shape index (κ3) is 7.21. The number of benzene rings is 1. The maximum Gasteiger partial charge on any atom is 0.329 e. The lowest BCUT2D eigenvalue weighted by Gasteiger charge is -2.35. The highest BCUT2D eigenvalue weighted by Crippen LogP contribution is 2.58. The van der Waals surface area contributed by atoms with Crippen molar-refractivity contribution in [1.29, 1.82) is 0 Å². The molecule has 2 saturated carbocycles. The van der Waals surface area contributed by atoms with Crippen molar-refractivity contribution in [1.82, 2.24) is 14.9 Å².